The van der Waals surface area contributed by atoms with E-state index in [2.05, 4.69) is 5.32 Å². The van der Waals surface area contributed by atoms with Gasteiger partial charge in [0.15, 0.2) is 0 Å². The van der Waals surface area contributed by atoms with Crippen molar-refractivity contribution in [3.63, 3.8) is 0 Å². The Kier molecular flexibility index (Phi) is 4.32. The van der Waals surface area contributed by atoms with Crippen molar-refractivity contribution in [2.24, 2.45) is 0 Å². The van der Waals surface area contributed by atoms with Crippen LogP contribution in [0.3, 0.4) is 0 Å². The van der Waals surface area contributed by atoms with Crippen molar-refractivity contribution in [2.75, 3.05) is 5.32 Å². The standard InChI is InChI=1S/C12H11F3N2O/c1-2-8-7-9(17-11(18)5-6-16)3-4-10(8)12(13,14)15/h3-4,7H,2,5H2,1H3,(H,17,18). The molecule has 1 aromatic rings. The summed E-state index contributed by atoms with van der Waals surface area (Å²) in [4.78, 5) is 11.1. The number of benzene rings is 1. The van der Waals surface area contributed by atoms with E-state index in [-0.39, 0.29) is 24.1 Å². The fraction of sp³-hybridized carbons (Fsp3) is 0.333. The lowest BCUT2D eigenvalue weighted by molar-refractivity contribution is -0.138. The SMILES string of the molecule is CCc1cc(NC(=O)CC#N)ccc1C(F)(F)F. The van der Waals surface area contributed by atoms with Crippen LogP contribution in [0.5, 0.6) is 0 Å². The number of hydrogen-bond acceptors (Lipinski definition) is 2. The Morgan fingerprint density at radius 2 is 2.11 bits per heavy atom. The van der Waals surface area contributed by atoms with Crippen molar-refractivity contribution in [2.45, 2.75) is 25.9 Å². The van der Waals surface area contributed by atoms with Crippen molar-refractivity contribution < 1.29 is 18.0 Å². The molecule has 1 aromatic carbocycles. The van der Waals surface area contributed by atoms with Gasteiger partial charge in [-0.2, -0.15) is 18.4 Å². The van der Waals surface area contributed by atoms with Crippen LogP contribution in [-0.2, 0) is 17.4 Å². The van der Waals surface area contributed by atoms with E-state index in [1.54, 1.807) is 13.0 Å². The van der Waals surface area contributed by atoms with E-state index in [0.717, 1.165) is 6.07 Å². The van der Waals surface area contributed by atoms with E-state index in [4.69, 9.17) is 5.26 Å². The van der Waals surface area contributed by atoms with Gasteiger partial charge < -0.3 is 5.32 Å². The van der Waals surface area contributed by atoms with Gasteiger partial charge in [-0.1, -0.05) is 6.92 Å². The number of nitrogens with one attached hydrogen (secondary N) is 1. The summed E-state index contributed by atoms with van der Waals surface area (Å²) >= 11 is 0. The Labute approximate surface area is 102 Å². The maximum atomic E-state index is 12.6. The van der Waals surface area contributed by atoms with Crippen LogP contribution in [0.15, 0.2) is 18.2 Å². The van der Waals surface area contributed by atoms with Crippen LogP contribution in [-0.4, -0.2) is 5.91 Å². The van der Waals surface area contributed by atoms with Crippen molar-refractivity contribution in [3.8, 4) is 6.07 Å². The molecule has 0 aliphatic rings. The van der Waals surface area contributed by atoms with E-state index in [0.29, 0.717) is 0 Å². The molecule has 1 rings (SSSR count). The summed E-state index contributed by atoms with van der Waals surface area (Å²) in [6.07, 6.45) is -4.53. The van der Waals surface area contributed by atoms with E-state index in [9.17, 15) is 18.0 Å². The summed E-state index contributed by atoms with van der Waals surface area (Å²) in [5.41, 5.74) is -0.333. The number of amides is 1. The third-order valence-electron chi connectivity index (χ3n) is 2.31. The Bertz CT molecular complexity index is 489. The minimum absolute atomic E-state index is 0.109. The maximum Gasteiger partial charge on any atom is 0.416 e. The van der Waals surface area contributed by atoms with Crippen LogP contribution in [0.4, 0.5) is 18.9 Å². The Morgan fingerprint density at radius 3 is 2.61 bits per heavy atom. The zero-order chi connectivity index (χ0) is 13.8. The normalized spacial score (nSPS) is 10.8. The molecule has 0 atom stereocenters. The zero-order valence-corrected chi connectivity index (χ0v) is 9.64. The monoisotopic (exact) mass is 256 g/mol. The molecule has 0 bridgehead atoms. The minimum atomic E-state index is -4.40. The molecule has 0 aromatic heterocycles. The van der Waals surface area contributed by atoms with Gasteiger partial charge in [-0.05, 0) is 30.2 Å². The quantitative estimate of drug-likeness (QED) is 0.903. The number of rotatable bonds is 3. The van der Waals surface area contributed by atoms with Gasteiger partial charge in [-0.3, -0.25) is 4.79 Å². The van der Waals surface area contributed by atoms with E-state index >= 15 is 0 Å². The molecule has 0 spiro atoms. The predicted octanol–water partition coefficient (Wildman–Crippen LogP) is 3.12. The largest absolute Gasteiger partial charge is 0.416 e. The van der Waals surface area contributed by atoms with Crippen LogP contribution >= 0.6 is 0 Å². The molecule has 0 radical (unpaired) electrons. The Morgan fingerprint density at radius 1 is 1.44 bits per heavy atom. The van der Waals surface area contributed by atoms with Crippen molar-refractivity contribution in [1.29, 1.82) is 5.26 Å². The second-order valence-corrected chi connectivity index (χ2v) is 3.61. The van der Waals surface area contributed by atoms with Gasteiger partial charge in [0.1, 0.15) is 6.42 Å². The lowest BCUT2D eigenvalue weighted by atomic mass is 10.0. The zero-order valence-electron chi connectivity index (χ0n) is 9.64. The summed E-state index contributed by atoms with van der Waals surface area (Å²) < 4.78 is 37.9. The molecule has 18 heavy (non-hydrogen) atoms. The average molecular weight is 256 g/mol. The lowest BCUT2D eigenvalue weighted by Crippen LogP contribution is -2.13. The number of hydrogen-bond donors (Lipinski definition) is 1. The molecule has 3 nitrogen and oxygen atoms in total. The number of anilines is 1. The molecule has 0 saturated carbocycles. The average Bonchev–Trinajstić information content (AvgIpc) is 2.27. The highest BCUT2D eigenvalue weighted by molar-refractivity contribution is 5.92. The molecule has 0 saturated heterocycles. The number of aryl methyl sites for hydroxylation is 1. The summed E-state index contributed by atoms with van der Waals surface area (Å²) in [6, 6.07) is 5.05. The maximum absolute atomic E-state index is 12.6. The van der Waals surface area contributed by atoms with Gasteiger partial charge in [0.2, 0.25) is 5.91 Å². The van der Waals surface area contributed by atoms with E-state index in [1.807, 2.05) is 0 Å². The first-order valence-corrected chi connectivity index (χ1v) is 5.25. The molecule has 6 heteroatoms. The van der Waals surface area contributed by atoms with Gasteiger partial charge in [0.05, 0.1) is 11.6 Å². The fourth-order valence-corrected chi connectivity index (χ4v) is 1.52. The number of nitriles is 1. The number of carbonyl (C=O) groups is 1. The Hall–Kier alpha value is -2.03. The molecule has 1 amide bonds. The highest BCUT2D eigenvalue weighted by atomic mass is 19.4. The highest BCUT2D eigenvalue weighted by Gasteiger charge is 2.32. The van der Waals surface area contributed by atoms with Gasteiger partial charge in [0, 0.05) is 5.69 Å². The molecule has 0 aliphatic carbocycles. The molecule has 0 unspecified atom stereocenters. The van der Waals surface area contributed by atoms with Crippen LogP contribution in [0.25, 0.3) is 0 Å². The third-order valence-corrected chi connectivity index (χ3v) is 2.31. The number of halogens is 3. The summed E-state index contributed by atoms with van der Waals surface area (Å²) in [7, 11) is 0. The molecule has 0 heterocycles. The van der Waals surface area contributed by atoms with Crippen molar-refractivity contribution in [1.82, 2.24) is 0 Å². The summed E-state index contributed by atoms with van der Waals surface area (Å²) in [5.74, 6) is -0.542. The van der Waals surface area contributed by atoms with E-state index < -0.39 is 17.6 Å². The van der Waals surface area contributed by atoms with Crippen LogP contribution < -0.4 is 5.32 Å². The van der Waals surface area contributed by atoms with Crippen molar-refractivity contribution >= 4 is 11.6 Å². The Balaban J connectivity index is 3.00. The number of carbonyl (C=O) groups excluding carboxylic acids is 1. The number of nitrogens with zero attached hydrogens (tertiary/aromatic N) is 1. The van der Waals surface area contributed by atoms with Crippen LogP contribution in [0, 0.1) is 11.3 Å². The predicted molar refractivity (Wildman–Crippen MR) is 59.7 cm³/mol. The third kappa shape index (κ3) is 3.48. The topological polar surface area (TPSA) is 52.9 Å². The lowest BCUT2D eigenvalue weighted by Gasteiger charge is -2.13. The molecular formula is C12H11F3N2O. The summed E-state index contributed by atoms with van der Waals surface area (Å²) in [5, 5.41) is 10.7. The molecule has 1 N–H and O–H groups in total. The first-order valence-electron chi connectivity index (χ1n) is 5.25. The molecule has 96 valence electrons. The first-order chi connectivity index (χ1) is 8.38. The van der Waals surface area contributed by atoms with Crippen molar-refractivity contribution in [3.05, 3.63) is 29.3 Å². The van der Waals surface area contributed by atoms with E-state index in [1.165, 1.54) is 12.1 Å². The smallest absolute Gasteiger partial charge is 0.325 e. The van der Waals surface area contributed by atoms with Gasteiger partial charge in [0.25, 0.3) is 0 Å². The summed E-state index contributed by atoms with van der Waals surface area (Å²) in [6.45, 7) is 1.60. The fourth-order valence-electron chi connectivity index (χ4n) is 1.52. The van der Waals surface area contributed by atoms with Gasteiger partial charge >= 0.3 is 6.18 Å². The second kappa shape index (κ2) is 5.54. The first kappa shape index (κ1) is 14.0. The molecule has 0 aliphatic heterocycles. The molecular weight excluding hydrogens is 245 g/mol. The van der Waals surface area contributed by atoms with Crippen LogP contribution in [0.1, 0.15) is 24.5 Å². The highest BCUT2D eigenvalue weighted by Crippen LogP contribution is 2.33. The van der Waals surface area contributed by atoms with Gasteiger partial charge in [-0.15, -0.1) is 0 Å². The molecule has 0 fully saturated rings. The van der Waals surface area contributed by atoms with Crippen LogP contribution in [0.2, 0.25) is 0 Å². The minimum Gasteiger partial charge on any atom is -0.325 e. The number of alkyl halides is 3. The van der Waals surface area contributed by atoms with Gasteiger partial charge in [-0.25, -0.2) is 0 Å². The second-order valence-electron chi connectivity index (χ2n) is 3.61.